The topological polar surface area (TPSA) is 42.9 Å². The second kappa shape index (κ2) is 5.66. The minimum absolute atomic E-state index is 0.0495. The van der Waals surface area contributed by atoms with Gasteiger partial charge in [0.05, 0.1) is 16.4 Å². The molecule has 0 saturated carbocycles. The summed E-state index contributed by atoms with van der Waals surface area (Å²) in [5.41, 5.74) is 2.94. The molecule has 1 aliphatic rings. The Balaban J connectivity index is 1.97. The highest BCUT2D eigenvalue weighted by molar-refractivity contribution is 7.85. The van der Waals surface area contributed by atoms with Crippen molar-refractivity contribution in [3.8, 4) is 11.8 Å². The third-order valence-corrected chi connectivity index (χ3v) is 5.42. The Morgan fingerprint density at radius 3 is 2.55 bits per heavy atom. The molecule has 0 saturated heterocycles. The summed E-state index contributed by atoms with van der Waals surface area (Å²) in [6.45, 7) is 6.25. The summed E-state index contributed by atoms with van der Waals surface area (Å²) in [7, 11) is -0.881. The van der Waals surface area contributed by atoms with Crippen LogP contribution in [0.1, 0.15) is 42.8 Å². The van der Waals surface area contributed by atoms with E-state index in [0.717, 1.165) is 39.6 Å². The summed E-state index contributed by atoms with van der Waals surface area (Å²) in [5, 5.41) is 0. The fourth-order valence-corrected chi connectivity index (χ4v) is 4.25. The molecule has 0 radical (unpaired) electrons. The van der Waals surface area contributed by atoms with E-state index >= 15 is 0 Å². The molecular weight excluding hydrogens is 292 g/mol. The predicted octanol–water partition coefficient (Wildman–Crippen LogP) is 2.97. The number of fused-ring (bicyclic) bond motifs is 1. The lowest BCUT2D eigenvalue weighted by Gasteiger charge is -2.31. The van der Waals surface area contributed by atoms with Gasteiger partial charge < -0.3 is 0 Å². The highest BCUT2D eigenvalue weighted by Crippen LogP contribution is 2.37. The maximum Gasteiger partial charge on any atom is 0.125 e. The molecule has 3 rings (SSSR count). The zero-order valence-corrected chi connectivity index (χ0v) is 13.8. The van der Waals surface area contributed by atoms with E-state index in [1.807, 2.05) is 19.1 Å². The Hall–Kier alpha value is -1.99. The SMILES string of the molecule is Cc1ncc(C#Cc2ccc3c(c2)C(C)(C)CCS3=O)cn1. The number of rotatable bonds is 0. The van der Waals surface area contributed by atoms with Gasteiger partial charge in [-0.2, -0.15) is 0 Å². The second-order valence-corrected chi connectivity index (χ2v) is 7.70. The van der Waals surface area contributed by atoms with Crippen molar-refractivity contribution in [2.24, 2.45) is 0 Å². The van der Waals surface area contributed by atoms with Gasteiger partial charge in [-0.3, -0.25) is 4.21 Å². The molecule has 112 valence electrons. The summed E-state index contributed by atoms with van der Waals surface area (Å²) in [5.74, 6) is 7.72. The minimum Gasteiger partial charge on any atom is -0.254 e. The van der Waals surface area contributed by atoms with Crippen molar-refractivity contribution in [3.63, 3.8) is 0 Å². The number of nitrogens with zero attached hydrogens (tertiary/aromatic N) is 2. The molecule has 0 amide bonds. The highest BCUT2D eigenvalue weighted by atomic mass is 32.2. The van der Waals surface area contributed by atoms with Gasteiger partial charge in [-0.15, -0.1) is 0 Å². The largest absolute Gasteiger partial charge is 0.254 e. The van der Waals surface area contributed by atoms with E-state index in [2.05, 4.69) is 41.7 Å². The molecule has 4 heteroatoms. The average molecular weight is 310 g/mol. The van der Waals surface area contributed by atoms with Crippen LogP contribution >= 0.6 is 0 Å². The van der Waals surface area contributed by atoms with Crippen molar-refractivity contribution in [3.05, 3.63) is 53.1 Å². The van der Waals surface area contributed by atoms with E-state index in [1.54, 1.807) is 12.4 Å². The molecule has 0 spiro atoms. The first-order valence-corrected chi connectivity index (χ1v) is 8.61. The van der Waals surface area contributed by atoms with Gasteiger partial charge in [-0.25, -0.2) is 9.97 Å². The Morgan fingerprint density at radius 1 is 1.14 bits per heavy atom. The van der Waals surface area contributed by atoms with E-state index < -0.39 is 10.8 Å². The molecule has 0 fully saturated rings. The Bertz CT molecular complexity index is 798. The van der Waals surface area contributed by atoms with Gasteiger partial charge in [0, 0.05) is 28.6 Å². The molecule has 0 N–H and O–H groups in total. The van der Waals surface area contributed by atoms with Crippen molar-refractivity contribution >= 4 is 10.8 Å². The van der Waals surface area contributed by atoms with Crippen LogP contribution in [0.2, 0.25) is 0 Å². The van der Waals surface area contributed by atoms with Crippen LogP contribution in [0.15, 0.2) is 35.5 Å². The van der Waals surface area contributed by atoms with Gasteiger partial charge in [-0.05, 0) is 42.5 Å². The third kappa shape index (κ3) is 2.95. The van der Waals surface area contributed by atoms with E-state index in [-0.39, 0.29) is 5.41 Å². The minimum atomic E-state index is -0.881. The Kier molecular flexibility index (Phi) is 3.84. The van der Waals surface area contributed by atoms with Crippen LogP contribution in [-0.4, -0.2) is 19.9 Å². The van der Waals surface area contributed by atoms with Gasteiger partial charge in [0.15, 0.2) is 0 Å². The molecule has 0 aliphatic carbocycles. The van der Waals surface area contributed by atoms with Gasteiger partial charge in [0.1, 0.15) is 5.82 Å². The van der Waals surface area contributed by atoms with Gasteiger partial charge in [0.25, 0.3) is 0 Å². The lowest BCUT2D eigenvalue weighted by Crippen LogP contribution is -2.27. The van der Waals surface area contributed by atoms with E-state index in [4.69, 9.17) is 0 Å². The molecule has 0 bridgehead atoms. The van der Waals surface area contributed by atoms with Crippen LogP contribution < -0.4 is 0 Å². The molecule has 2 aromatic rings. The van der Waals surface area contributed by atoms with Crippen LogP contribution in [-0.2, 0) is 16.2 Å². The summed E-state index contributed by atoms with van der Waals surface area (Å²) in [6.07, 6.45) is 4.40. The maximum absolute atomic E-state index is 12.2. The fraction of sp³-hybridized carbons (Fsp3) is 0.333. The molecular formula is C18H18N2OS. The molecule has 1 aromatic carbocycles. The zero-order valence-electron chi connectivity index (χ0n) is 13.0. The predicted molar refractivity (Wildman–Crippen MR) is 88.1 cm³/mol. The Morgan fingerprint density at radius 2 is 1.82 bits per heavy atom. The number of hydrogen-bond acceptors (Lipinski definition) is 3. The lowest BCUT2D eigenvalue weighted by atomic mass is 9.81. The van der Waals surface area contributed by atoms with Gasteiger partial charge in [-0.1, -0.05) is 25.7 Å². The van der Waals surface area contributed by atoms with E-state index in [1.165, 1.54) is 0 Å². The molecule has 1 atom stereocenters. The van der Waals surface area contributed by atoms with Crippen molar-refractivity contribution in [1.29, 1.82) is 0 Å². The molecule has 2 heterocycles. The molecule has 3 nitrogen and oxygen atoms in total. The third-order valence-electron chi connectivity index (χ3n) is 4.00. The first-order valence-electron chi connectivity index (χ1n) is 7.29. The first kappa shape index (κ1) is 14.9. The standard InChI is InChI=1S/C18H18N2OS/c1-13-19-11-15(12-20-13)5-4-14-6-7-17-16(10-14)18(2,3)8-9-22(17)21/h6-7,10-12H,8-9H2,1-3H3. The van der Waals surface area contributed by atoms with E-state index in [0.29, 0.717) is 0 Å². The summed E-state index contributed by atoms with van der Waals surface area (Å²) < 4.78 is 12.2. The van der Waals surface area contributed by atoms with Crippen LogP contribution in [0.4, 0.5) is 0 Å². The number of benzene rings is 1. The van der Waals surface area contributed by atoms with Crippen molar-refractivity contribution < 1.29 is 4.21 Å². The zero-order chi connectivity index (χ0) is 15.7. The van der Waals surface area contributed by atoms with Crippen LogP contribution in [0.5, 0.6) is 0 Å². The highest BCUT2D eigenvalue weighted by Gasteiger charge is 2.30. The molecule has 1 unspecified atom stereocenters. The van der Waals surface area contributed by atoms with Crippen molar-refractivity contribution in [2.45, 2.75) is 37.5 Å². The first-order chi connectivity index (χ1) is 10.5. The van der Waals surface area contributed by atoms with Gasteiger partial charge >= 0.3 is 0 Å². The maximum atomic E-state index is 12.2. The summed E-state index contributed by atoms with van der Waals surface area (Å²) in [6, 6.07) is 5.98. The normalized spacial score (nSPS) is 19.0. The number of hydrogen-bond donors (Lipinski definition) is 0. The van der Waals surface area contributed by atoms with Crippen LogP contribution in [0.25, 0.3) is 0 Å². The molecule has 1 aromatic heterocycles. The molecule has 22 heavy (non-hydrogen) atoms. The number of aromatic nitrogens is 2. The Labute approximate surface area is 133 Å². The van der Waals surface area contributed by atoms with Crippen molar-refractivity contribution in [1.82, 2.24) is 9.97 Å². The molecule has 1 aliphatic heterocycles. The fourth-order valence-electron chi connectivity index (χ4n) is 2.53. The lowest BCUT2D eigenvalue weighted by molar-refractivity contribution is 0.486. The van der Waals surface area contributed by atoms with Gasteiger partial charge in [0.2, 0.25) is 0 Å². The van der Waals surface area contributed by atoms with Crippen LogP contribution in [0.3, 0.4) is 0 Å². The second-order valence-electron chi connectivity index (χ2n) is 6.16. The monoisotopic (exact) mass is 310 g/mol. The quantitative estimate of drug-likeness (QED) is 0.703. The smallest absolute Gasteiger partial charge is 0.125 e. The van der Waals surface area contributed by atoms with Crippen molar-refractivity contribution in [2.75, 3.05) is 5.75 Å². The summed E-state index contributed by atoms with van der Waals surface area (Å²) >= 11 is 0. The number of aryl methyl sites for hydroxylation is 1. The average Bonchev–Trinajstić information content (AvgIpc) is 2.51. The van der Waals surface area contributed by atoms with Crippen LogP contribution in [0, 0.1) is 18.8 Å². The van der Waals surface area contributed by atoms with E-state index in [9.17, 15) is 4.21 Å². The summed E-state index contributed by atoms with van der Waals surface area (Å²) in [4.78, 5) is 9.24.